The second-order valence-electron chi connectivity index (χ2n) is 9.24. The van der Waals surface area contributed by atoms with Crippen molar-refractivity contribution in [3.05, 3.63) is 59.7 Å². The van der Waals surface area contributed by atoms with Crippen LogP contribution in [0.1, 0.15) is 49.0 Å². The van der Waals surface area contributed by atoms with Gasteiger partial charge < -0.3 is 19.7 Å². The first-order valence-electron chi connectivity index (χ1n) is 12.2. The average molecular weight is 466 g/mol. The van der Waals surface area contributed by atoms with E-state index >= 15 is 0 Å². The highest BCUT2D eigenvalue weighted by atomic mass is 16.5. The molecule has 34 heavy (non-hydrogen) atoms. The van der Waals surface area contributed by atoms with Crippen molar-refractivity contribution in [1.82, 2.24) is 9.80 Å². The second kappa shape index (κ2) is 11.5. The van der Waals surface area contributed by atoms with Gasteiger partial charge in [0.25, 0.3) is 11.8 Å². The van der Waals surface area contributed by atoms with Gasteiger partial charge in [-0.15, -0.1) is 0 Å². The standard InChI is InChI=1S/C27H35N3O4/c1-20-6-5-7-21(2)30(20)26(31)19-34-24-12-10-22(11-13-24)27(32)28-25-9-4-3-8-23(25)18-29-14-16-33-17-15-29/h3-4,8-13,20-21H,5-7,14-19H2,1-2H3,(H,28,32). The molecule has 0 bridgehead atoms. The van der Waals surface area contributed by atoms with Crippen LogP contribution in [0.25, 0.3) is 0 Å². The molecule has 2 amide bonds. The summed E-state index contributed by atoms with van der Waals surface area (Å²) < 4.78 is 11.2. The van der Waals surface area contributed by atoms with Crippen LogP contribution < -0.4 is 10.1 Å². The molecule has 0 spiro atoms. The molecule has 2 unspecified atom stereocenters. The van der Waals surface area contributed by atoms with Crippen molar-refractivity contribution >= 4 is 17.5 Å². The Labute approximate surface area is 202 Å². The van der Waals surface area contributed by atoms with Crippen LogP contribution >= 0.6 is 0 Å². The fraction of sp³-hybridized carbons (Fsp3) is 0.481. The zero-order valence-corrected chi connectivity index (χ0v) is 20.2. The zero-order valence-electron chi connectivity index (χ0n) is 20.2. The van der Waals surface area contributed by atoms with Crippen molar-refractivity contribution in [2.24, 2.45) is 0 Å². The smallest absolute Gasteiger partial charge is 0.260 e. The fourth-order valence-electron chi connectivity index (χ4n) is 4.81. The van der Waals surface area contributed by atoms with Gasteiger partial charge in [-0.05, 0) is 69.0 Å². The lowest BCUT2D eigenvalue weighted by atomic mass is 9.97. The first kappa shape index (κ1) is 24.2. The number of carbonyl (C=O) groups excluding carboxylic acids is 2. The molecule has 2 aliphatic heterocycles. The highest BCUT2D eigenvalue weighted by Gasteiger charge is 2.29. The molecule has 2 aliphatic rings. The molecule has 0 saturated carbocycles. The minimum atomic E-state index is -0.173. The summed E-state index contributed by atoms with van der Waals surface area (Å²) in [4.78, 5) is 29.8. The van der Waals surface area contributed by atoms with Crippen LogP contribution in [-0.4, -0.2) is 66.6 Å². The molecular weight excluding hydrogens is 430 g/mol. The summed E-state index contributed by atoms with van der Waals surface area (Å²) in [5.41, 5.74) is 2.44. The molecule has 2 saturated heterocycles. The molecule has 0 radical (unpaired) electrons. The van der Waals surface area contributed by atoms with Gasteiger partial charge >= 0.3 is 0 Å². The number of carbonyl (C=O) groups is 2. The lowest BCUT2D eigenvalue weighted by Gasteiger charge is -2.38. The topological polar surface area (TPSA) is 71.1 Å². The van der Waals surface area contributed by atoms with Gasteiger partial charge in [0, 0.05) is 43.0 Å². The number of piperidine rings is 1. The number of likely N-dealkylation sites (tertiary alicyclic amines) is 1. The first-order chi connectivity index (χ1) is 16.5. The van der Waals surface area contributed by atoms with E-state index in [4.69, 9.17) is 9.47 Å². The summed E-state index contributed by atoms with van der Waals surface area (Å²) in [6, 6.07) is 15.3. The number of benzene rings is 2. The Bertz CT molecular complexity index is 962. The van der Waals surface area contributed by atoms with Gasteiger partial charge in [-0.25, -0.2) is 0 Å². The van der Waals surface area contributed by atoms with E-state index in [9.17, 15) is 9.59 Å². The average Bonchev–Trinajstić information content (AvgIpc) is 2.85. The van der Waals surface area contributed by atoms with E-state index in [1.165, 1.54) is 0 Å². The predicted molar refractivity (Wildman–Crippen MR) is 132 cm³/mol. The van der Waals surface area contributed by atoms with Gasteiger partial charge in [-0.3, -0.25) is 14.5 Å². The van der Waals surface area contributed by atoms with Crippen LogP contribution in [0.2, 0.25) is 0 Å². The molecule has 2 heterocycles. The van der Waals surface area contributed by atoms with Gasteiger partial charge in [-0.2, -0.15) is 0 Å². The summed E-state index contributed by atoms with van der Waals surface area (Å²) in [5, 5.41) is 3.04. The molecule has 2 aromatic carbocycles. The third kappa shape index (κ3) is 6.15. The van der Waals surface area contributed by atoms with Crippen LogP contribution in [0.3, 0.4) is 0 Å². The summed E-state index contributed by atoms with van der Waals surface area (Å²) in [6.45, 7) is 8.24. The summed E-state index contributed by atoms with van der Waals surface area (Å²) in [7, 11) is 0. The number of morpholine rings is 1. The number of rotatable bonds is 7. The van der Waals surface area contributed by atoms with Gasteiger partial charge in [0.1, 0.15) is 5.75 Å². The molecule has 2 atom stereocenters. The number of anilines is 1. The van der Waals surface area contributed by atoms with Gasteiger partial charge in [0.15, 0.2) is 6.61 Å². The third-order valence-corrected chi connectivity index (χ3v) is 6.72. The Morgan fingerprint density at radius 1 is 1.00 bits per heavy atom. The molecule has 4 rings (SSSR count). The summed E-state index contributed by atoms with van der Waals surface area (Å²) in [6.07, 6.45) is 3.24. The van der Waals surface area contributed by atoms with E-state index in [1.807, 2.05) is 29.2 Å². The Kier molecular flexibility index (Phi) is 8.19. The van der Waals surface area contributed by atoms with Crippen LogP contribution in [0.5, 0.6) is 5.75 Å². The SMILES string of the molecule is CC1CCCC(C)N1C(=O)COc1ccc(C(=O)Nc2ccccc2CN2CCOCC2)cc1. The van der Waals surface area contributed by atoms with E-state index in [2.05, 4.69) is 24.1 Å². The Hall–Kier alpha value is -2.90. The molecular formula is C27H35N3O4. The monoisotopic (exact) mass is 465 g/mol. The maximum atomic E-state index is 12.9. The maximum absolute atomic E-state index is 12.9. The molecule has 2 fully saturated rings. The Morgan fingerprint density at radius 2 is 1.68 bits per heavy atom. The van der Waals surface area contributed by atoms with E-state index in [0.717, 1.165) is 63.4 Å². The molecule has 1 N–H and O–H groups in total. The molecule has 7 nitrogen and oxygen atoms in total. The highest BCUT2D eigenvalue weighted by molar-refractivity contribution is 6.04. The van der Waals surface area contributed by atoms with Gasteiger partial charge in [-0.1, -0.05) is 18.2 Å². The molecule has 182 valence electrons. The molecule has 0 aromatic heterocycles. The number of ether oxygens (including phenoxy) is 2. The molecule has 7 heteroatoms. The first-order valence-corrected chi connectivity index (χ1v) is 12.2. The van der Waals surface area contributed by atoms with E-state index in [-0.39, 0.29) is 30.5 Å². The lowest BCUT2D eigenvalue weighted by Crippen LogP contribution is -2.49. The van der Waals surface area contributed by atoms with Gasteiger partial charge in [0.2, 0.25) is 0 Å². The minimum Gasteiger partial charge on any atom is -0.484 e. The number of hydrogen-bond donors (Lipinski definition) is 1. The van der Waals surface area contributed by atoms with Crippen LogP contribution in [0, 0.1) is 0 Å². The Balaban J connectivity index is 1.32. The number of nitrogens with one attached hydrogen (secondary N) is 1. The quantitative estimate of drug-likeness (QED) is 0.671. The second-order valence-corrected chi connectivity index (χ2v) is 9.24. The summed E-state index contributed by atoms with van der Waals surface area (Å²) >= 11 is 0. The molecule has 0 aliphatic carbocycles. The molecule has 2 aromatic rings. The zero-order chi connectivity index (χ0) is 23.9. The number of hydrogen-bond acceptors (Lipinski definition) is 5. The van der Waals surface area contributed by atoms with E-state index < -0.39 is 0 Å². The van der Waals surface area contributed by atoms with Crippen LogP contribution in [0.4, 0.5) is 5.69 Å². The van der Waals surface area contributed by atoms with Crippen LogP contribution in [0.15, 0.2) is 48.5 Å². The maximum Gasteiger partial charge on any atom is 0.260 e. The summed E-state index contributed by atoms with van der Waals surface area (Å²) in [5.74, 6) is 0.418. The predicted octanol–water partition coefficient (Wildman–Crippen LogP) is 3.94. The number of para-hydroxylation sites is 1. The third-order valence-electron chi connectivity index (χ3n) is 6.72. The van der Waals surface area contributed by atoms with Crippen molar-refractivity contribution in [3.8, 4) is 5.75 Å². The van der Waals surface area contributed by atoms with E-state index in [1.54, 1.807) is 24.3 Å². The van der Waals surface area contributed by atoms with Crippen LogP contribution in [-0.2, 0) is 16.1 Å². The lowest BCUT2D eigenvalue weighted by molar-refractivity contribution is -0.139. The van der Waals surface area contributed by atoms with Gasteiger partial charge in [0.05, 0.1) is 13.2 Å². The highest BCUT2D eigenvalue weighted by Crippen LogP contribution is 2.23. The van der Waals surface area contributed by atoms with Crippen molar-refractivity contribution in [3.63, 3.8) is 0 Å². The number of amides is 2. The largest absolute Gasteiger partial charge is 0.484 e. The van der Waals surface area contributed by atoms with E-state index in [0.29, 0.717) is 11.3 Å². The fourth-order valence-corrected chi connectivity index (χ4v) is 4.81. The van der Waals surface area contributed by atoms with Crippen molar-refractivity contribution in [1.29, 1.82) is 0 Å². The number of nitrogens with zero attached hydrogens (tertiary/aromatic N) is 2. The van der Waals surface area contributed by atoms with Crippen molar-refractivity contribution in [2.45, 2.75) is 51.7 Å². The normalized spacial score (nSPS) is 21.2. The van der Waals surface area contributed by atoms with Crippen molar-refractivity contribution < 1.29 is 19.1 Å². The Morgan fingerprint density at radius 3 is 2.38 bits per heavy atom. The van der Waals surface area contributed by atoms with Crippen molar-refractivity contribution in [2.75, 3.05) is 38.2 Å². The minimum absolute atomic E-state index is 0.00907.